The van der Waals surface area contributed by atoms with Crippen molar-refractivity contribution in [3.8, 4) is 0 Å². The van der Waals surface area contributed by atoms with Crippen molar-refractivity contribution in [2.75, 3.05) is 6.54 Å². The average Bonchev–Trinajstić information content (AvgIpc) is 3.30. The maximum absolute atomic E-state index is 13.3. The molecule has 1 N–H and O–H groups in total. The van der Waals surface area contributed by atoms with E-state index in [1.807, 2.05) is 17.4 Å². The molecule has 1 amide bonds. The fraction of sp³-hybridized carbons (Fsp3) is 0.789. The molecule has 2 fully saturated rings. The number of nitrogens with zero attached hydrogens (tertiary/aromatic N) is 3. The van der Waals surface area contributed by atoms with E-state index >= 15 is 0 Å². The van der Waals surface area contributed by atoms with E-state index in [0.29, 0.717) is 19.0 Å². The van der Waals surface area contributed by atoms with Gasteiger partial charge >= 0.3 is 0 Å². The lowest BCUT2D eigenvalue weighted by molar-refractivity contribution is -0.147. The number of carbonyl (C=O) groups is 1. The Morgan fingerprint density at radius 2 is 2.00 bits per heavy atom. The lowest BCUT2D eigenvalue weighted by Gasteiger charge is -2.45. The Balaban J connectivity index is 1.62. The van der Waals surface area contributed by atoms with E-state index in [2.05, 4.69) is 23.4 Å². The molecule has 0 bridgehead atoms. The summed E-state index contributed by atoms with van der Waals surface area (Å²) >= 11 is 0. The first-order valence-corrected chi connectivity index (χ1v) is 9.43. The first kappa shape index (κ1) is 16.1. The molecule has 1 aliphatic heterocycles. The number of rotatable bonds is 4. The minimum absolute atomic E-state index is 0.0691. The summed E-state index contributed by atoms with van der Waals surface area (Å²) in [4.78, 5) is 19.5. The fourth-order valence-corrected chi connectivity index (χ4v) is 4.84. The van der Waals surface area contributed by atoms with Crippen LogP contribution in [0.4, 0.5) is 0 Å². The maximum Gasteiger partial charge on any atom is 0.246 e. The van der Waals surface area contributed by atoms with Gasteiger partial charge in [-0.25, -0.2) is 4.98 Å². The second-order valence-electron chi connectivity index (χ2n) is 8.77. The van der Waals surface area contributed by atoms with Crippen LogP contribution in [0.5, 0.6) is 0 Å². The van der Waals surface area contributed by atoms with E-state index in [4.69, 9.17) is 0 Å². The third kappa shape index (κ3) is 2.67. The van der Waals surface area contributed by atoms with Gasteiger partial charge in [-0.05, 0) is 37.0 Å². The second-order valence-corrected chi connectivity index (χ2v) is 8.77. The van der Waals surface area contributed by atoms with Gasteiger partial charge in [-0.2, -0.15) is 0 Å². The molecule has 0 aromatic carbocycles. The molecular weight excluding hydrogens is 302 g/mol. The molecular formula is C19H29N3O2. The van der Waals surface area contributed by atoms with Gasteiger partial charge < -0.3 is 14.6 Å². The minimum Gasteiger partial charge on any atom is -0.388 e. The predicted molar refractivity (Wildman–Crippen MR) is 91.2 cm³/mol. The summed E-state index contributed by atoms with van der Waals surface area (Å²) in [6.07, 6.45) is 11.1. The number of aliphatic hydroxyl groups is 1. The molecule has 4 rings (SSSR count). The smallest absolute Gasteiger partial charge is 0.246 e. The Morgan fingerprint density at radius 3 is 2.67 bits per heavy atom. The highest BCUT2D eigenvalue weighted by Crippen LogP contribution is 2.53. The van der Waals surface area contributed by atoms with E-state index in [9.17, 15) is 9.90 Å². The first-order valence-electron chi connectivity index (χ1n) is 9.43. The summed E-state index contributed by atoms with van der Waals surface area (Å²) in [5, 5.41) is 10.9. The van der Waals surface area contributed by atoms with Gasteiger partial charge in [0, 0.05) is 12.7 Å². The van der Waals surface area contributed by atoms with E-state index in [1.165, 1.54) is 19.3 Å². The third-order valence-electron chi connectivity index (χ3n) is 6.53. The molecule has 2 heterocycles. The van der Waals surface area contributed by atoms with Crippen molar-refractivity contribution < 1.29 is 9.90 Å². The number of fused-ring (bicyclic) bond motifs is 1. The normalized spacial score (nSPS) is 27.2. The molecule has 1 unspecified atom stereocenters. The van der Waals surface area contributed by atoms with Gasteiger partial charge in [-0.3, -0.25) is 4.79 Å². The highest BCUT2D eigenvalue weighted by Gasteiger charge is 2.51. The number of β-amino-alcohol motifs (C(OH)–C–C–N with tert-alkyl or cyclic N) is 1. The van der Waals surface area contributed by atoms with Gasteiger partial charge in [0.25, 0.3) is 0 Å². The maximum atomic E-state index is 13.3. The van der Waals surface area contributed by atoms with Gasteiger partial charge in [-0.15, -0.1) is 0 Å². The molecule has 2 saturated carbocycles. The summed E-state index contributed by atoms with van der Waals surface area (Å²) < 4.78 is 2.09. The molecule has 1 aromatic heterocycles. The van der Waals surface area contributed by atoms with Crippen LogP contribution in [-0.2, 0) is 11.3 Å². The number of imidazole rings is 1. The zero-order valence-electron chi connectivity index (χ0n) is 14.9. The summed E-state index contributed by atoms with van der Waals surface area (Å²) in [6.45, 7) is 5.47. The van der Waals surface area contributed by atoms with Crippen LogP contribution in [0.1, 0.15) is 70.5 Å². The molecule has 0 saturated heterocycles. The van der Waals surface area contributed by atoms with Crippen LogP contribution in [0.2, 0.25) is 0 Å². The zero-order valence-corrected chi connectivity index (χ0v) is 14.9. The van der Waals surface area contributed by atoms with Crippen LogP contribution in [0.25, 0.3) is 0 Å². The van der Waals surface area contributed by atoms with Crippen molar-refractivity contribution in [3.05, 3.63) is 18.2 Å². The van der Waals surface area contributed by atoms with Crippen LogP contribution < -0.4 is 0 Å². The van der Waals surface area contributed by atoms with Gasteiger partial charge in [0.1, 0.15) is 6.04 Å². The van der Waals surface area contributed by atoms with Crippen LogP contribution in [0.15, 0.2) is 12.5 Å². The molecule has 5 nitrogen and oxygen atoms in total. The van der Waals surface area contributed by atoms with Gasteiger partial charge in [0.15, 0.2) is 0 Å². The molecule has 0 radical (unpaired) electrons. The molecule has 5 heteroatoms. The molecule has 1 atom stereocenters. The lowest BCUT2D eigenvalue weighted by atomic mass is 9.77. The lowest BCUT2D eigenvalue weighted by Crippen LogP contribution is -2.53. The third-order valence-corrected chi connectivity index (χ3v) is 6.53. The van der Waals surface area contributed by atoms with Crippen LogP contribution >= 0.6 is 0 Å². The SMILES string of the molecule is CC(C)(C1CC1)C1C(=O)N(CC2(O)CCCCC2)Cc2cncn21. The molecule has 2 aliphatic carbocycles. The quantitative estimate of drug-likeness (QED) is 0.923. The van der Waals surface area contributed by atoms with E-state index in [0.717, 1.165) is 31.4 Å². The van der Waals surface area contributed by atoms with Crippen LogP contribution in [-0.4, -0.2) is 37.6 Å². The molecule has 1 aromatic rings. The molecule has 0 spiro atoms. The van der Waals surface area contributed by atoms with Gasteiger partial charge in [0.2, 0.25) is 5.91 Å². The van der Waals surface area contributed by atoms with Gasteiger partial charge in [-0.1, -0.05) is 33.1 Å². The first-order chi connectivity index (χ1) is 11.4. The zero-order chi connectivity index (χ0) is 16.9. The van der Waals surface area contributed by atoms with Crippen molar-refractivity contribution in [1.29, 1.82) is 0 Å². The second kappa shape index (κ2) is 5.58. The van der Waals surface area contributed by atoms with Crippen LogP contribution in [0.3, 0.4) is 0 Å². The number of aromatic nitrogens is 2. The Hall–Kier alpha value is -1.36. The minimum atomic E-state index is -0.704. The Bertz CT molecular complexity index is 626. The monoisotopic (exact) mass is 331 g/mol. The van der Waals surface area contributed by atoms with E-state index in [1.54, 1.807) is 0 Å². The fourth-order valence-electron chi connectivity index (χ4n) is 4.84. The number of amides is 1. The Morgan fingerprint density at radius 1 is 1.29 bits per heavy atom. The highest BCUT2D eigenvalue weighted by molar-refractivity contribution is 5.82. The summed E-state index contributed by atoms with van der Waals surface area (Å²) in [6, 6.07) is -0.191. The van der Waals surface area contributed by atoms with Crippen molar-refractivity contribution in [3.63, 3.8) is 0 Å². The summed E-state index contributed by atoms with van der Waals surface area (Å²) in [5.41, 5.74) is 0.317. The molecule has 3 aliphatic rings. The van der Waals surface area contributed by atoms with Crippen molar-refractivity contribution in [1.82, 2.24) is 14.5 Å². The van der Waals surface area contributed by atoms with Crippen molar-refractivity contribution in [2.24, 2.45) is 11.3 Å². The largest absolute Gasteiger partial charge is 0.388 e. The molecule has 132 valence electrons. The summed E-state index contributed by atoms with van der Waals surface area (Å²) in [7, 11) is 0. The number of carbonyl (C=O) groups excluding carboxylic acids is 1. The Labute approximate surface area is 144 Å². The number of hydrogen-bond acceptors (Lipinski definition) is 3. The van der Waals surface area contributed by atoms with E-state index in [-0.39, 0.29) is 17.4 Å². The van der Waals surface area contributed by atoms with Crippen molar-refractivity contribution >= 4 is 5.91 Å². The van der Waals surface area contributed by atoms with Gasteiger partial charge in [0.05, 0.1) is 24.2 Å². The van der Waals surface area contributed by atoms with E-state index < -0.39 is 5.60 Å². The molecule has 24 heavy (non-hydrogen) atoms. The average molecular weight is 331 g/mol. The standard InChI is InChI=1S/C19H29N3O2/c1-18(2,14-6-7-14)16-17(23)21(11-15-10-20-13-22(15)16)12-19(24)8-4-3-5-9-19/h10,13-14,16,24H,3-9,11-12H2,1-2H3. The van der Waals surface area contributed by atoms with Crippen molar-refractivity contribution in [2.45, 2.75) is 77.0 Å². The Kier molecular flexibility index (Phi) is 3.75. The summed E-state index contributed by atoms with van der Waals surface area (Å²) in [5.74, 6) is 0.774. The number of hydrogen-bond donors (Lipinski definition) is 1. The van der Waals surface area contributed by atoms with Crippen LogP contribution in [0, 0.1) is 11.3 Å². The topological polar surface area (TPSA) is 58.4 Å². The predicted octanol–water partition coefficient (Wildman–Crippen LogP) is 2.90. The highest BCUT2D eigenvalue weighted by atomic mass is 16.3.